The Kier molecular flexibility index (Phi) is 5.89. The van der Waals surface area contributed by atoms with Crippen LogP contribution in [-0.4, -0.2) is 27.7 Å². The van der Waals surface area contributed by atoms with Crippen molar-refractivity contribution in [2.45, 2.75) is 60.5 Å². The van der Waals surface area contributed by atoms with Gasteiger partial charge in [0.15, 0.2) is 0 Å². The van der Waals surface area contributed by atoms with Crippen LogP contribution in [0.2, 0.25) is 0 Å². The molecular weight excluding hydrogens is 396 g/mol. The van der Waals surface area contributed by atoms with Gasteiger partial charge in [-0.3, -0.25) is 4.79 Å². The van der Waals surface area contributed by atoms with E-state index in [9.17, 15) is 9.59 Å². The van der Waals surface area contributed by atoms with E-state index in [0.29, 0.717) is 34.7 Å². The largest absolute Gasteiger partial charge is 0.455 e. The number of nitrogens with zero attached hydrogens (tertiary/aromatic N) is 2. The second-order valence-electron chi connectivity index (χ2n) is 9.14. The molecule has 0 saturated heterocycles. The van der Waals surface area contributed by atoms with Crippen LogP contribution in [0.1, 0.15) is 64.2 Å². The molecule has 0 aliphatic rings. The van der Waals surface area contributed by atoms with Gasteiger partial charge in [0, 0.05) is 5.39 Å². The van der Waals surface area contributed by atoms with Crippen LogP contribution in [0.25, 0.3) is 22.2 Å². The van der Waals surface area contributed by atoms with E-state index < -0.39 is 17.0 Å². The van der Waals surface area contributed by atoms with Crippen LogP contribution in [-0.2, 0) is 9.53 Å². The van der Waals surface area contributed by atoms with Gasteiger partial charge in [0.1, 0.15) is 17.1 Å². The molecule has 7 heteroatoms. The van der Waals surface area contributed by atoms with Gasteiger partial charge < -0.3 is 14.0 Å². The topological polar surface area (TPSA) is 91.5 Å². The maximum atomic E-state index is 12.6. The van der Waals surface area contributed by atoms with E-state index in [0.717, 1.165) is 5.39 Å². The van der Waals surface area contributed by atoms with Crippen LogP contribution in [0.3, 0.4) is 0 Å². The number of fused-ring (bicyclic) bond motifs is 1. The van der Waals surface area contributed by atoms with Crippen molar-refractivity contribution in [2.24, 2.45) is 5.41 Å². The molecule has 31 heavy (non-hydrogen) atoms. The molecule has 0 saturated carbocycles. The van der Waals surface area contributed by atoms with Crippen molar-refractivity contribution in [1.82, 2.24) is 10.1 Å². The van der Waals surface area contributed by atoms with Crippen LogP contribution in [0.5, 0.6) is 5.75 Å². The number of esters is 2. The summed E-state index contributed by atoms with van der Waals surface area (Å²) in [7, 11) is 0. The van der Waals surface area contributed by atoms with Gasteiger partial charge in [-0.15, -0.1) is 0 Å². The SMILES string of the molecule is CCC(C)(C)C(=O)Oc1ccc2nc(-c3c(C(=O)OC(C)(C)C)noc3C)ccc2c1. The summed E-state index contributed by atoms with van der Waals surface area (Å²) in [5.41, 5.74) is 0.605. The molecule has 164 valence electrons. The lowest BCUT2D eigenvalue weighted by atomic mass is 9.91. The highest BCUT2D eigenvalue weighted by Gasteiger charge is 2.28. The van der Waals surface area contributed by atoms with E-state index in [1.807, 2.05) is 26.8 Å². The Morgan fingerprint density at radius 2 is 1.77 bits per heavy atom. The first-order chi connectivity index (χ1) is 14.4. The van der Waals surface area contributed by atoms with E-state index in [1.165, 1.54) is 0 Å². The third kappa shape index (κ3) is 4.93. The Hall–Kier alpha value is -3.22. The predicted molar refractivity (Wildman–Crippen MR) is 117 cm³/mol. The number of aromatic nitrogens is 2. The van der Waals surface area contributed by atoms with Crippen LogP contribution in [0.4, 0.5) is 0 Å². The van der Waals surface area contributed by atoms with E-state index in [2.05, 4.69) is 10.1 Å². The van der Waals surface area contributed by atoms with E-state index in [4.69, 9.17) is 14.0 Å². The van der Waals surface area contributed by atoms with Crippen LogP contribution < -0.4 is 4.74 Å². The Morgan fingerprint density at radius 3 is 2.42 bits per heavy atom. The zero-order valence-electron chi connectivity index (χ0n) is 19.0. The zero-order chi connectivity index (χ0) is 23.0. The average molecular weight is 424 g/mol. The summed E-state index contributed by atoms with van der Waals surface area (Å²) in [6, 6.07) is 8.88. The lowest BCUT2D eigenvalue weighted by molar-refractivity contribution is -0.144. The lowest BCUT2D eigenvalue weighted by Gasteiger charge is -2.20. The van der Waals surface area contributed by atoms with Crippen molar-refractivity contribution in [3.05, 3.63) is 41.8 Å². The molecule has 2 aromatic heterocycles. The summed E-state index contributed by atoms with van der Waals surface area (Å²) in [5, 5.41) is 4.69. The van der Waals surface area contributed by atoms with E-state index >= 15 is 0 Å². The molecule has 0 aliphatic carbocycles. The second-order valence-corrected chi connectivity index (χ2v) is 9.14. The molecule has 7 nitrogen and oxygen atoms in total. The lowest BCUT2D eigenvalue weighted by Crippen LogP contribution is -2.28. The Bertz CT molecular complexity index is 1140. The Morgan fingerprint density at radius 1 is 1.06 bits per heavy atom. The van der Waals surface area contributed by atoms with Crippen molar-refractivity contribution in [3.63, 3.8) is 0 Å². The Labute approximate surface area is 181 Å². The first kappa shape index (κ1) is 22.5. The van der Waals surface area contributed by atoms with Crippen molar-refractivity contribution in [3.8, 4) is 17.0 Å². The maximum absolute atomic E-state index is 12.6. The van der Waals surface area contributed by atoms with Gasteiger partial charge in [0.05, 0.1) is 22.2 Å². The quantitative estimate of drug-likeness (QED) is 0.395. The number of hydrogen-bond acceptors (Lipinski definition) is 7. The fourth-order valence-electron chi connectivity index (χ4n) is 2.84. The zero-order valence-corrected chi connectivity index (χ0v) is 19.0. The fraction of sp³-hybridized carbons (Fsp3) is 0.417. The summed E-state index contributed by atoms with van der Waals surface area (Å²) >= 11 is 0. The summed E-state index contributed by atoms with van der Waals surface area (Å²) in [6.45, 7) is 12.8. The summed E-state index contributed by atoms with van der Waals surface area (Å²) in [5.74, 6) is 0.0901. The molecule has 0 radical (unpaired) electrons. The van der Waals surface area contributed by atoms with Gasteiger partial charge >= 0.3 is 11.9 Å². The number of carbonyl (C=O) groups is 2. The molecule has 0 N–H and O–H groups in total. The number of ether oxygens (including phenoxy) is 2. The first-order valence-corrected chi connectivity index (χ1v) is 10.2. The van der Waals surface area contributed by atoms with Gasteiger partial charge in [0.2, 0.25) is 5.69 Å². The number of hydrogen-bond donors (Lipinski definition) is 0. The molecule has 2 heterocycles. The van der Waals surface area contributed by atoms with Crippen molar-refractivity contribution in [1.29, 1.82) is 0 Å². The van der Waals surface area contributed by atoms with Crippen LogP contribution in [0.15, 0.2) is 34.9 Å². The third-order valence-electron chi connectivity index (χ3n) is 5.02. The van der Waals surface area contributed by atoms with E-state index in [-0.39, 0.29) is 11.7 Å². The minimum atomic E-state index is -0.655. The number of carbonyl (C=O) groups excluding carboxylic acids is 2. The van der Waals surface area contributed by atoms with Crippen molar-refractivity contribution < 1.29 is 23.6 Å². The van der Waals surface area contributed by atoms with Gasteiger partial charge in [-0.05, 0) is 72.2 Å². The number of aryl methyl sites for hydroxylation is 1. The summed E-state index contributed by atoms with van der Waals surface area (Å²) in [4.78, 5) is 29.6. The standard InChI is InChI=1S/C24H28N2O5/c1-8-24(6,7)22(28)29-16-10-12-17-15(13-16)9-11-18(25-17)19-14(2)31-26-20(19)21(27)30-23(3,4)5/h9-13H,8H2,1-7H3. The fourth-order valence-corrected chi connectivity index (χ4v) is 2.84. The molecule has 0 unspecified atom stereocenters. The highest BCUT2D eigenvalue weighted by atomic mass is 16.6. The molecule has 3 aromatic rings. The normalized spacial score (nSPS) is 12.1. The highest BCUT2D eigenvalue weighted by Crippen LogP contribution is 2.31. The molecule has 0 spiro atoms. The highest BCUT2D eigenvalue weighted by molar-refractivity contribution is 5.96. The molecule has 0 aliphatic heterocycles. The number of benzene rings is 1. The van der Waals surface area contributed by atoms with Crippen LogP contribution in [0, 0.1) is 12.3 Å². The summed E-state index contributed by atoms with van der Waals surface area (Å²) < 4.78 is 16.2. The van der Waals surface area contributed by atoms with Crippen LogP contribution >= 0.6 is 0 Å². The third-order valence-corrected chi connectivity index (χ3v) is 5.02. The molecule has 3 rings (SSSR count). The molecule has 1 aromatic carbocycles. The van der Waals surface area contributed by atoms with Gasteiger partial charge in [0.25, 0.3) is 0 Å². The van der Waals surface area contributed by atoms with Gasteiger partial charge in [-0.2, -0.15) is 0 Å². The molecular formula is C24H28N2O5. The summed E-state index contributed by atoms with van der Waals surface area (Å²) in [6.07, 6.45) is 0.683. The molecule has 0 amide bonds. The number of rotatable bonds is 5. The smallest absolute Gasteiger partial charge is 0.361 e. The van der Waals surface area contributed by atoms with Gasteiger partial charge in [-0.25, -0.2) is 9.78 Å². The van der Waals surface area contributed by atoms with Gasteiger partial charge in [-0.1, -0.05) is 18.1 Å². The monoisotopic (exact) mass is 424 g/mol. The molecule has 0 fully saturated rings. The minimum absolute atomic E-state index is 0.0895. The molecule has 0 bridgehead atoms. The predicted octanol–water partition coefficient (Wildman–Crippen LogP) is 5.50. The Balaban J connectivity index is 1.94. The maximum Gasteiger partial charge on any atom is 0.361 e. The van der Waals surface area contributed by atoms with Crippen molar-refractivity contribution >= 4 is 22.8 Å². The molecule has 0 atom stereocenters. The average Bonchev–Trinajstić information content (AvgIpc) is 3.08. The number of pyridine rings is 1. The second kappa shape index (κ2) is 8.13. The first-order valence-electron chi connectivity index (χ1n) is 10.2. The van der Waals surface area contributed by atoms with E-state index in [1.54, 1.807) is 52.0 Å². The minimum Gasteiger partial charge on any atom is -0.455 e. The van der Waals surface area contributed by atoms with Crippen molar-refractivity contribution in [2.75, 3.05) is 0 Å².